The number of piperazine rings is 1. The number of hydrogen-bond acceptors (Lipinski definition) is 3. The van der Waals surface area contributed by atoms with E-state index in [2.05, 4.69) is 0 Å². The van der Waals surface area contributed by atoms with Crippen LogP contribution in [-0.4, -0.2) is 72.1 Å². The number of urea groups is 1. The molecule has 2 aliphatic heterocycles. The molecular weight excluding hydrogens is 385 g/mol. The van der Waals surface area contributed by atoms with Crippen LogP contribution in [0.2, 0.25) is 5.02 Å². The minimum Gasteiger partial charge on any atom is -0.383 e. The van der Waals surface area contributed by atoms with Crippen LogP contribution in [0.1, 0.15) is 25.8 Å². The highest BCUT2D eigenvalue weighted by atomic mass is 35.5. The number of carbonyl (C=O) groups excluding carboxylic acids is 2. The van der Waals surface area contributed by atoms with E-state index in [-0.39, 0.29) is 30.4 Å². The second-order valence-corrected chi connectivity index (χ2v) is 8.25. The second-order valence-electron chi connectivity index (χ2n) is 7.85. The lowest BCUT2D eigenvalue weighted by Crippen LogP contribution is -2.61. The van der Waals surface area contributed by atoms with E-state index < -0.39 is 11.9 Å². The molecule has 0 spiro atoms. The van der Waals surface area contributed by atoms with Gasteiger partial charge >= 0.3 is 6.03 Å². The predicted octanol–water partition coefficient (Wildman–Crippen LogP) is 2.99. The molecule has 2 aliphatic rings. The Morgan fingerprint density at radius 2 is 1.96 bits per heavy atom. The molecule has 1 aromatic rings. The predicted molar refractivity (Wildman–Crippen MR) is 105 cm³/mol. The van der Waals surface area contributed by atoms with Crippen molar-refractivity contribution in [3.05, 3.63) is 34.6 Å². The number of rotatable bonds is 7. The van der Waals surface area contributed by atoms with Crippen molar-refractivity contribution in [2.75, 3.05) is 33.4 Å². The van der Waals surface area contributed by atoms with Crippen LogP contribution in [0.15, 0.2) is 18.2 Å². The van der Waals surface area contributed by atoms with Crippen molar-refractivity contribution in [3.63, 3.8) is 0 Å². The van der Waals surface area contributed by atoms with Crippen LogP contribution >= 0.6 is 11.6 Å². The molecular formula is C20H27ClFN3O3. The summed E-state index contributed by atoms with van der Waals surface area (Å²) in [4.78, 5) is 31.2. The molecule has 0 saturated carbocycles. The summed E-state index contributed by atoms with van der Waals surface area (Å²) in [5.41, 5.74) is 0.306. The Bertz CT molecular complexity index is 725. The average Bonchev–Trinajstić information content (AvgIpc) is 2.94. The normalized spacial score (nSPS) is 22.4. The first-order valence-electron chi connectivity index (χ1n) is 9.61. The molecule has 154 valence electrons. The van der Waals surface area contributed by atoms with E-state index in [4.69, 9.17) is 16.3 Å². The molecule has 2 saturated heterocycles. The van der Waals surface area contributed by atoms with Gasteiger partial charge in [0.1, 0.15) is 11.9 Å². The van der Waals surface area contributed by atoms with Crippen LogP contribution in [0, 0.1) is 11.7 Å². The van der Waals surface area contributed by atoms with Crippen LogP contribution in [0.5, 0.6) is 0 Å². The number of fused-ring (bicyclic) bond motifs is 1. The Labute approximate surface area is 170 Å². The molecule has 3 rings (SSSR count). The maximum atomic E-state index is 14.2. The van der Waals surface area contributed by atoms with Crippen molar-refractivity contribution in [1.29, 1.82) is 0 Å². The Morgan fingerprint density at radius 1 is 1.25 bits per heavy atom. The molecule has 6 nitrogen and oxygen atoms in total. The van der Waals surface area contributed by atoms with E-state index in [1.807, 2.05) is 13.8 Å². The lowest BCUT2D eigenvalue weighted by Gasteiger charge is -2.42. The van der Waals surface area contributed by atoms with Crippen molar-refractivity contribution in [3.8, 4) is 0 Å². The molecule has 2 atom stereocenters. The summed E-state index contributed by atoms with van der Waals surface area (Å²) in [6, 6.07) is 3.66. The van der Waals surface area contributed by atoms with Gasteiger partial charge in [-0.2, -0.15) is 0 Å². The highest BCUT2D eigenvalue weighted by Gasteiger charge is 2.49. The Kier molecular flexibility index (Phi) is 6.45. The van der Waals surface area contributed by atoms with Crippen LogP contribution in [0.25, 0.3) is 0 Å². The molecule has 0 N–H and O–H groups in total. The molecule has 28 heavy (non-hydrogen) atoms. The third kappa shape index (κ3) is 4.10. The van der Waals surface area contributed by atoms with Crippen molar-refractivity contribution in [1.82, 2.24) is 14.7 Å². The van der Waals surface area contributed by atoms with Crippen molar-refractivity contribution < 1.29 is 18.7 Å². The molecule has 0 radical (unpaired) electrons. The average molecular weight is 412 g/mol. The van der Waals surface area contributed by atoms with E-state index in [0.717, 1.165) is 0 Å². The fourth-order valence-electron chi connectivity index (χ4n) is 4.02. The van der Waals surface area contributed by atoms with Crippen molar-refractivity contribution in [2.24, 2.45) is 5.92 Å². The summed E-state index contributed by atoms with van der Waals surface area (Å²) in [5, 5.41) is 0.300. The summed E-state index contributed by atoms with van der Waals surface area (Å²) in [6.07, 6.45) is 0.596. The van der Waals surface area contributed by atoms with E-state index in [1.165, 1.54) is 6.07 Å². The molecule has 0 aromatic heterocycles. The van der Waals surface area contributed by atoms with Gasteiger partial charge in [0.2, 0.25) is 5.91 Å². The minimum absolute atomic E-state index is 0.0406. The number of nitrogens with zero attached hydrogens (tertiary/aromatic N) is 3. The van der Waals surface area contributed by atoms with Gasteiger partial charge in [-0.05, 0) is 24.5 Å². The lowest BCUT2D eigenvalue weighted by molar-refractivity contribution is -0.143. The summed E-state index contributed by atoms with van der Waals surface area (Å²) < 4.78 is 19.3. The number of halogens is 2. The van der Waals surface area contributed by atoms with Gasteiger partial charge in [0, 0.05) is 37.3 Å². The van der Waals surface area contributed by atoms with Crippen molar-refractivity contribution >= 4 is 23.5 Å². The van der Waals surface area contributed by atoms with Crippen LogP contribution < -0.4 is 0 Å². The van der Waals surface area contributed by atoms with Gasteiger partial charge in [-0.25, -0.2) is 9.18 Å². The summed E-state index contributed by atoms with van der Waals surface area (Å²) in [6.45, 7) is 6.02. The summed E-state index contributed by atoms with van der Waals surface area (Å²) in [7, 11) is 1.60. The Balaban J connectivity index is 1.83. The molecule has 2 heterocycles. The van der Waals surface area contributed by atoms with E-state index in [0.29, 0.717) is 43.2 Å². The summed E-state index contributed by atoms with van der Waals surface area (Å²) >= 11 is 6.14. The van der Waals surface area contributed by atoms with Gasteiger partial charge in [0.15, 0.2) is 0 Å². The van der Waals surface area contributed by atoms with E-state index in [9.17, 15) is 14.0 Å². The molecule has 0 bridgehead atoms. The molecule has 0 unspecified atom stereocenters. The van der Waals surface area contributed by atoms with Crippen LogP contribution in [-0.2, 0) is 16.1 Å². The zero-order chi connectivity index (χ0) is 20.4. The number of amides is 3. The third-order valence-electron chi connectivity index (χ3n) is 5.35. The largest absolute Gasteiger partial charge is 0.383 e. The monoisotopic (exact) mass is 411 g/mol. The third-order valence-corrected chi connectivity index (χ3v) is 5.70. The molecule has 0 aliphatic carbocycles. The first kappa shape index (κ1) is 20.9. The maximum Gasteiger partial charge on any atom is 0.321 e. The van der Waals surface area contributed by atoms with Crippen LogP contribution in [0.4, 0.5) is 9.18 Å². The van der Waals surface area contributed by atoms with Gasteiger partial charge in [-0.3, -0.25) is 4.79 Å². The first-order valence-corrected chi connectivity index (χ1v) is 9.99. The number of methoxy groups -OCH3 is 1. The quantitative estimate of drug-likeness (QED) is 0.693. The number of ether oxygens (including phenoxy) is 1. The molecule has 1 aromatic carbocycles. The highest BCUT2D eigenvalue weighted by Crippen LogP contribution is 2.31. The smallest absolute Gasteiger partial charge is 0.321 e. The van der Waals surface area contributed by atoms with E-state index in [1.54, 1.807) is 33.9 Å². The van der Waals surface area contributed by atoms with Gasteiger partial charge in [0.25, 0.3) is 0 Å². The Morgan fingerprint density at radius 3 is 2.61 bits per heavy atom. The highest BCUT2D eigenvalue weighted by molar-refractivity contribution is 6.31. The lowest BCUT2D eigenvalue weighted by atomic mass is 9.97. The minimum atomic E-state index is -0.496. The fraction of sp³-hybridized carbons (Fsp3) is 0.600. The second kappa shape index (κ2) is 8.66. The fourth-order valence-corrected chi connectivity index (χ4v) is 4.24. The zero-order valence-electron chi connectivity index (χ0n) is 16.5. The summed E-state index contributed by atoms with van der Waals surface area (Å²) in [5.74, 6) is -0.206. The standard InChI is InChI=1S/C20H27ClFN3O3/c1-13(2)9-18-19(26)23(7-8-28-3)10-14-11-24(20(27)25(14)18)12-15-16(21)5-4-6-17(15)22/h4-6,13-14,18H,7-12H2,1-3H3/t14-,18-/m0/s1. The van der Waals surface area contributed by atoms with E-state index >= 15 is 0 Å². The number of carbonyl (C=O) groups is 2. The molecule has 8 heteroatoms. The topological polar surface area (TPSA) is 53.1 Å². The molecule has 2 fully saturated rings. The van der Waals surface area contributed by atoms with Crippen molar-refractivity contribution in [2.45, 2.75) is 38.9 Å². The zero-order valence-corrected chi connectivity index (χ0v) is 17.3. The maximum absolute atomic E-state index is 14.2. The van der Waals surface area contributed by atoms with Gasteiger partial charge in [-0.1, -0.05) is 31.5 Å². The Hall–Kier alpha value is -1.86. The van der Waals surface area contributed by atoms with Gasteiger partial charge in [-0.15, -0.1) is 0 Å². The van der Waals surface area contributed by atoms with Gasteiger partial charge < -0.3 is 19.4 Å². The number of hydrogen-bond donors (Lipinski definition) is 0. The first-order chi connectivity index (χ1) is 13.3. The number of benzene rings is 1. The van der Waals surface area contributed by atoms with Crippen LogP contribution in [0.3, 0.4) is 0 Å². The van der Waals surface area contributed by atoms with Gasteiger partial charge in [0.05, 0.1) is 19.2 Å². The molecule has 3 amide bonds. The SMILES string of the molecule is COCCN1C[C@H]2CN(Cc3c(F)cccc3Cl)C(=O)N2[C@@H](CC(C)C)C1=O.